The second kappa shape index (κ2) is 7.31. The summed E-state index contributed by atoms with van der Waals surface area (Å²) in [7, 11) is 0. The first-order valence-corrected chi connectivity index (χ1v) is 6.58. The summed E-state index contributed by atoms with van der Waals surface area (Å²) in [6.07, 6.45) is 7.22. The number of hydrogen-bond acceptors (Lipinski definition) is 5. The summed E-state index contributed by atoms with van der Waals surface area (Å²) in [4.78, 5) is 12.9. The first-order chi connectivity index (χ1) is 9.38. The molecule has 0 saturated carbocycles. The number of rotatable bonds is 7. The van der Waals surface area contributed by atoms with Gasteiger partial charge < -0.3 is 10.6 Å². The van der Waals surface area contributed by atoms with Crippen molar-refractivity contribution < 1.29 is 0 Å². The van der Waals surface area contributed by atoms with Gasteiger partial charge in [0, 0.05) is 31.4 Å². The van der Waals surface area contributed by atoms with E-state index in [0.29, 0.717) is 0 Å². The van der Waals surface area contributed by atoms with Crippen molar-refractivity contribution in [3.63, 3.8) is 0 Å². The van der Waals surface area contributed by atoms with Gasteiger partial charge in [0.25, 0.3) is 0 Å². The molecule has 0 aliphatic rings. The Morgan fingerprint density at radius 2 is 1.84 bits per heavy atom. The van der Waals surface area contributed by atoms with Crippen molar-refractivity contribution in [1.82, 2.24) is 15.0 Å². The Bertz CT molecular complexity index is 486. The second-order valence-electron chi connectivity index (χ2n) is 4.21. The third-order valence-electron chi connectivity index (χ3n) is 2.60. The summed E-state index contributed by atoms with van der Waals surface area (Å²) in [5.74, 6) is 1.60. The maximum absolute atomic E-state index is 4.44. The Labute approximate surface area is 113 Å². The van der Waals surface area contributed by atoms with Crippen LogP contribution in [0.2, 0.25) is 0 Å². The highest BCUT2D eigenvalue weighted by atomic mass is 15.1. The van der Waals surface area contributed by atoms with E-state index < -0.39 is 0 Å². The molecule has 5 heteroatoms. The predicted molar refractivity (Wildman–Crippen MR) is 77.2 cm³/mol. The summed E-state index contributed by atoms with van der Waals surface area (Å²) in [6.45, 7) is 3.82. The maximum Gasteiger partial charge on any atom is 0.146 e. The highest BCUT2D eigenvalue weighted by Crippen LogP contribution is 2.06. The zero-order valence-electron chi connectivity index (χ0n) is 11.1. The SMILES string of the molecule is CCCNc1cncc(NCCc2ccccn2)n1. The van der Waals surface area contributed by atoms with Gasteiger partial charge in [-0.1, -0.05) is 13.0 Å². The van der Waals surface area contributed by atoms with Crippen LogP contribution < -0.4 is 10.6 Å². The van der Waals surface area contributed by atoms with E-state index >= 15 is 0 Å². The number of nitrogens with one attached hydrogen (secondary N) is 2. The average molecular weight is 257 g/mol. The summed E-state index contributed by atoms with van der Waals surface area (Å²) in [5, 5.41) is 6.47. The van der Waals surface area contributed by atoms with Crippen molar-refractivity contribution in [2.45, 2.75) is 19.8 Å². The van der Waals surface area contributed by atoms with Gasteiger partial charge in [0.15, 0.2) is 0 Å². The molecule has 0 saturated heterocycles. The van der Waals surface area contributed by atoms with E-state index in [-0.39, 0.29) is 0 Å². The van der Waals surface area contributed by atoms with Crippen LogP contribution in [-0.4, -0.2) is 28.0 Å². The van der Waals surface area contributed by atoms with Gasteiger partial charge in [-0.2, -0.15) is 0 Å². The van der Waals surface area contributed by atoms with Gasteiger partial charge in [0.05, 0.1) is 12.4 Å². The Kier molecular flexibility index (Phi) is 5.10. The third-order valence-corrected chi connectivity index (χ3v) is 2.60. The van der Waals surface area contributed by atoms with Crippen LogP contribution in [0.5, 0.6) is 0 Å². The fourth-order valence-corrected chi connectivity index (χ4v) is 1.65. The molecule has 0 bridgehead atoms. The van der Waals surface area contributed by atoms with Gasteiger partial charge >= 0.3 is 0 Å². The standard InChI is InChI=1S/C14H19N5/c1-2-7-17-13-10-15-11-14(19-13)18-9-6-12-5-3-4-8-16-12/h3-5,8,10-11H,2,6-7,9H2,1H3,(H2,17,18,19). The van der Waals surface area contributed by atoms with Crippen molar-refractivity contribution in [3.05, 3.63) is 42.5 Å². The minimum absolute atomic E-state index is 0.789. The molecule has 0 amide bonds. The molecule has 0 fully saturated rings. The largest absolute Gasteiger partial charge is 0.369 e. The number of anilines is 2. The number of pyridine rings is 1. The Morgan fingerprint density at radius 1 is 1.05 bits per heavy atom. The molecule has 0 atom stereocenters. The molecule has 0 aliphatic carbocycles. The molecule has 2 rings (SSSR count). The Hall–Kier alpha value is -2.17. The predicted octanol–water partition coefficient (Wildman–Crippen LogP) is 2.35. The summed E-state index contributed by atoms with van der Waals surface area (Å²) in [6, 6.07) is 5.94. The lowest BCUT2D eigenvalue weighted by Crippen LogP contribution is -2.09. The molecule has 100 valence electrons. The summed E-state index contributed by atoms with van der Waals surface area (Å²) in [5.41, 5.74) is 1.07. The maximum atomic E-state index is 4.44. The molecule has 2 aromatic rings. The van der Waals surface area contributed by atoms with Crippen LogP contribution in [0.25, 0.3) is 0 Å². The number of nitrogens with zero attached hydrogens (tertiary/aromatic N) is 3. The van der Waals surface area contributed by atoms with Crippen LogP contribution in [0, 0.1) is 0 Å². The van der Waals surface area contributed by atoms with Gasteiger partial charge in [-0.05, 0) is 18.6 Å². The van der Waals surface area contributed by atoms with Crippen LogP contribution in [0.3, 0.4) is 0 Å². The van der Waals surface area contributed by atoms with Crippen molar-refractivity contribution in [2.24, 2.45) is 0 Å². The smallest absolute Gasteiger partial charge is 0.146 e. The van der Waals surface area contributed by atoms with Crippen molar-refractivity contribution >= 4 is 11.6 Å². The van der Waals surface area contributed by atoms with Crippen molar-refractivity contribution in [3.8, 4) is 0 Å². The van der Waals surface area contributed by atoms with E-state index in [0.717, 1.165) is 43.3 Å². The molecule has 5 nitrogen and oxygen atoms in total. The lowest BCUT2D eigenvalue weighted by Gasteiger charge is -2.07. The molecule has 0 spiro atoms. The minimum atomic E-state index is 0.789. The summed E-state index contributed by atoms with van der Waals surface area (Å²) >= 11 is 0. The van der Waals surface area contributed by atoms with E-state index in [2.05, 4.69) is 32.5 Å². The molecule has 2 aromatic heterocycles. The average Bonchev–Trinajstić information content (AvgIpc) is 2.47. The van der Waals surface area contributed by atoms with E-state index in [1.807, 2.05) is 24.4 Å². The molecule has 0 aliphatic heterocycles. The van der Waals surface area contributed by atoms with E-state index in [9.17, 15) is 0 Å². The molecule has 0 radical (unpaired) electrons. The normalized spacial score (nSPS) is 10.2. The monoisotopic (exact) mass is 257 g/mol. The van der Waals surface area contributed by atoms with Gasteiger partial charge in [0.2, 0.25) is 0 Å². The summed E-state index contributed by atoms with van der Waals surface area (Å²) < 4.78 is 0. The molecule has 2 N–H and O–H groups in total. The first-order valence-electron chi connectivity index (χ1n) is 6.58. The second-order valence-corrected chi connectivity index (χ2v) is 4.21. The van der Waals surface area contributed by atoms with Gasteiger partial charge in [-0.25, -0.2) is 4.98 Å². The molecule has 2 heterocycles. The highest BCUT2D eigenvalue weighted by molar-refractivity contribution is 5.41. The van der Waals surface area contributed by atoms with Crippen LogP contribution in [0.4, 0.5) is 11.6 Å². The lowest BCUT2D eigenvalue weighted by atomic mass is 10.3. The van der Waals surface area contributed by atoms with Gasteiger partial charge in [0.1, 0.15) is 11.6 Å². The first kappa shape index (κ1) is 13.3. The molecule has 19 heavy (non-hydrogen) atoms. The Morgan fingerprint density at radius 3 is 2.53 bits per heavy atom. The molecular weight excluding hydrogens is 238 g/mol. The van der Waals surface area contributed by atoms with Crippen LogP contribution in [-0.2, 0) is 6.42 Å². The molecular formula is C14H19N5. The van der Waals surface area contributed by atoms with Crippen LogP contribution >= 0.6 is 0 Å². The van der Waals surface area contributed by atoms with Crippen LogP contribution in [0.1, 0.15) is 19.0 Å². The minimum Gasteiger partial charge on any atom is -0.369 e. The van der Waals surface area contributed by atoms with Crippen molar-refractivity contribution in [2.75, 3.05) is 23.7 Å². The van der Waals surface area contributed by atoms with Gasteiger partial charge in [-0.15, -0.1) is 0 Å². The van der Waals surface area contributed by atoms with E-state index in [1.165, 1.54) is 0 Å². The highest BCUT2D eigenvalue weighted by Gasteiger charge is 1.98. The van der Waals surface area contributed by atoms with E-state index in [4.69, 9.17) is 0 Å². The lowest BCUT2D eigenvalue weighted by molar-refractivity contribution is 0.942. The van der Waals surface area contributed by atoms with Gasteiger partial charge in [-0.3, -0.25) is 9.97 Å². The quantitative estimate of drug-likeness (QED) is 0.797. The Balaban J connectivity index is 1.82. The zero-order valence-corrected chi connectivity index (χ0v) is 11.1. The fraction of sp³-hybridized carbons (Fsp3) is 0.357. The van der Waals surface area contributed by atoms with Crippen LogP contribution in [0.15, 0.2) is 36.8 Å². The number of aromatic nitrogens is 3. The van der Waals surface area contributed by atoms with Crippen molar-refractivity contribution in [1.29, 1.82) is 0 Å². The van der Waals surface area contributed by atoms with E-state index in [1.54, 1.807) is 12.4 Å². The molecule has 0 unspecified atom stereocenters. The zero-order chi connectivity index (χ0) is 13.3. The fourth-order valence-electron chi connectivity index (χ4n) is 1.65. The number of hydrogen-bond donors (Lipinski definition) is 2. The topological polar surface area (TPSA) is 62.7 Å². The third kappa shape index (κ3) is 4.54. The molecule has 0 aromatic carbocycles.